The zero-order valence-electron chi connectivity index (χ0n) is 10.6. The number of ether oxygens (including phenoxy) is 2. The van der Waals surface area contributed by atoms with Crippen LogP contribution in [0.5, 0.6) is 0 Å². The molecule has 1 aromatic rings. The number of terminal acetylenes is 1. The lowest BCUT2D eigenvalue weighted by Crippen LogP contribution is -2.28. The van der Waals surface area contributed by atoms with Gasteiger partial charge in [-0.2, -0.15) is 0 Å². The third-order valence-corrected chi connectivity index (χ3v) is 3.10. The van der Waals surface area contributed by atoms with Gasteiger partial charge in [0, 0.05) is 17.8 Å². The first-order chi connectivity index (χ1) is 9.29. The molecule has 1 aromatic carbocycles. The number of rotatable bonds is 6. The van der Waals surface area contributed by atoms with Crippen molar-refractivity contribution in [1.82, 2.24) is 0 Å². The van der Waals surface area contributed by atoms with E-state index in [0.717, 1.165) is 5.56 Å². The van der Waals surface area contributed by atoms with Crippen molar-refractivity contribution in [2.24, 2.45) is 11.8 Å². The van der Waals surface area contributed by atoms with Gasteiger partial charge in [-0.05, 0) is 5.56 Å². The van der Waals surface area contributed by atoms with E-state index in [0.29, 0.717) is 25.7 Å². The highest BCUT2D eigenvalue weighted by atomic mass is 16.5. The summed E-state index contributed by atoms with van der Waals surface area (Å²) in [4.78, 5) is 10.8. The van der Waals surface area contributed by atoms with E-state index in [9.17, 15) is 4.79 Å². The van der Waals surface area contributed by atoms with Crippen LogP contribution in [0.2, 0.25) is 0 Å². The molecule has 1 aliphatic carbocycles. The Morgan fingerprint density at radius 2 is 1.84 bits per heavy atom. The Balaban J connectivity index is 1.66. The summed E-state index contributed by atoms with van der Waals surface area (Å²) in [7, 11) is 0. The summed E-state index contributed by atoms with van der Waals surface area (Å²) in [6, 6.07) is 10.0. The lowest BCUT2D eigenvalue weighted by Gasteiger charge is -2.28. The molecule has 0 aromatic heterocycles. The summed E-state index contributed by atoms with van der Waals surface area (Å²) in [6.07, 6.45) is 9.01. The molecular formula is C16H16O3. The van der Waals surface area contributed by atoms with Gasteiger partial charge in [0.05, 0.1) is 19.8 Å². The molecule has 2 atom stereocenters. The Bertz CT molecular complexity index is 484. The van der Waals surface area contributed by atoms with E-state index >= 15 is 0 Å². The standard InChI is InChI=1S/C16H16O3/c1-2-16(17)19-12-15-9-8-14(15)11-18-10-13-6-4-3-5-7-13/h1,3-9,14-15H,10-12H2/t14-,15+/m0/s1. The second kappa shape index (κ2) is 6.77. The highest BCUT2D eigenvalue weighted by molar-refractivity contribution is 5.87. The highest BCUT2D eigenvalue weighted by Gasteiger charge is 2.25. The van der Waals surface area contributed by atoms with Gasteiger partial charge in [-0.1, -0.05) is 42.5 Å². The van der Waals surface area contributed by atoms with Crippen LogP contribution in [0.4, 0.5) is 0 Å². The van der Waals surface area contributed by atoms with Crippen molar-refractivity contribution in [3.63, 3.8) is 0 Å². The van der Waals surface area contributed by atoms with Gasteiger partial charge in [0.2, 0.25) is 0 Å². The second-order valence-electron chi connectivity index (χ2n) is 4.46. The maximum Gasteiger partial charge on any atom is 0.384 e. The van der Waals surface area contributed by atoms with Crippen molar-refractivity contribution < 1.29 is 14.3 Å². The Hall–Kier alpha value is -2.05. The molecule has 98 valence electrons. The molecule has 0 radical (unpaired) electrons. The normalized spacial score (nSPS) is 20.4. The fourth-order valence-corrected chi connectivity index (χ4v) is 1.88. The Kier molecular flexibility index (Phi) is 4.77. The minimum Gasteiger partial charge on any atom is -0.455 e. The minimum absolute atomic E-state index is 0.216. The first-order valence-corrected chi connectivity index (χ1v) is 6.23. The van der Waals surface area contributed by atoms with Gasteiger partial charge in [0.25, 0.3) is 0 Å². The number of benzene rings is 1. The molecule has 2 rings (SSSR count). The predicted molar refractivity (Wildman–Crippen MR) is 72.0 cm³/mol. The number of carbonyl (C=O) groups is 1. The minimum atomic E-state index is -0.607. The van der Waals surface area contributed by atoms with Crippen molar-refractivity contribution in [1.29, 1.82) is 0 Å². The first-order valence-electron chi connectivity index (χ1n) is 6.23. The lowest BCUT2D eigenvalue weighted by atomic mass is 9.83. The van der Waals surface area contributed by atoms with Crippen molar-refractivity contribution >= 4 is 5.97 Å². The zero-order chi connectivity index (χ0) is 13.5. The molecule has 19 heavy (non-hydrogen) atoms. The molecule has 3 nitrogen and oxygen atoms in total. The van der Waals surface area contributed by atoms with Crippen LogP contribution in [0, 0.1) is 24.2 Å². The van der Waals surface area contributed by atoms with Gasteiger partial charge in [-0.3, -0.25) is 0 Å². The number of hydrogen-bond donors (Lipinski definition) is 0. The molecule has 0 bridgehead atoms. The largest absolute Gasteiger partial charge is 0.455 e. The molecule has 0 fully saturated rings. The van der Waals surface area contributed by atoms with Gasteiger partial charge in [-0.15, -0.1) is 6.42 Å². The fourth-order valence-electron chi connectivity index (χ4n) is 1.88. The average Bonchev–Trinajstić information content (AvgIpc) is 2.43. The van der Waals surface area contributed by atoms with Crippen LogP contribution in [-0.4, -0.2) is 19.2 Å². The maximum atomic E-state index is 10.8. The topological polar surface area (TPSA) is 35.5 Å². The van der Waals surface area contributed by atoms with E-state index in [4.69, 9.17) is 15.9 Å². The van der Waals surface area contributed by atoms with Crippen LogP contribution >= 0.6 is 0 Å². The van der Waals surface area contributed by atoms with Crippen LogP contribution < -0.4 is 0 Å². The summed E-state index contributed by atoms with van der Waals surface area (Å²) in [5.74, 6) is 1.84. The number of hydrogen-bond acceptors (Lipinski definition) is 3. The smallest absolute Gasteiger partial charge is 0.384 e. The molecule has 1 aliphatic rings. The van der Waals surface area contributed by atoms with E-state index in [2.05, 4.69) is 6.08 Å². The molecule has 0 N–H and O–H groups in total. The highest BCUT2D eigenvalue weighted by Crippen LogP contribution is 2.26. The van der Waals surface area contributed by atoms with Crippen LogP contribution in [-0.2, 0) is 20.9 Å². The number of esters is 1. The molecule has 0 aliphatic heterocycles. The van der Waals surface area contributed by atoms with Gasteiger partial charge >= 0.3 is 5.97 Å². The monoisotopic (exact) mass is 256 g/mol. The van der Waals surface area contributed by atoms with Crippen molar-refractivity contribution in [2.45, 2.75) is 6.61 Å². The summed E-state index contributed by atoms with van der Waals surface area (Å²) >= 11 is 0. The van der Waals surface area contributed by atoms with E-state index < -0.39 is 5.97 Å². The third kappa shape index (κ3) is 3.97. The quantitative estimate of drug-likeness (QED) is 0.339. The van der Waals surface area contributed by atoms with Crippen LogP contribution in [0.15, 0.2) is 42.5 Å². The fraction of sp³-hybridized carbons (Fsp3) is 0.312. The average molecular weight is 256 g/mol. The van der Waals surface area contributed by atoms with Gasteiger partial charge in [-0.25, -0.2) is 4.79 Å². The van der Waals surface area contributed by atoms with Crippen LogP contribution in [0.1, 0.15) is 5.56 Å². The molecule has 0 amide bonds. The lowest BCUT2D eigenvalue weighted by molar-refractivity contribution is -0.138. The molecular weight excluding hydrogens is 240 g/mol. The van der Waals surface area contributed by atoms with Crippen LogP contribution in [0.25, 0.3) is 0 Å². The van der Waals surface area contributed by atoms with Crippen molar-refractivity contribution in [3.8, 4) is 12.3 Å². The van der Waals surface area contributed by atoms with Gasteiger partial charge in [0.1, 0.15) is 0 Å². The SMILES string of the molecule is C#CC(=O)OC[C@H]1C=C[C@H]1COCc1ccccc1. The molecule has 0 heterocycles. The summed E-state index contributed by atoms with van der Waals surface area (Å²) in [5.41, 5.74) is 1.15. The van der Waals surface area contributed by atoms with E-state index in [1.165, 1.54) is 0 Å². The Morgan fingerprint density at radius 1 is 1.16 bits per heavy atom. The molecule has 0 unspecified atom stereocenters. The van der Waals surface area contributed by atoms with Crippen LogP contribution in [0.3, 0.4) is 0 Å². The van der Waals surface area contributed by atoms with Gasteiger partial charge in [0.15, 0.2) is 0 Å². The second-order valence-corrected chi connectivity index (χ2v) is 4.46. The van der Waals surface area contributed by atoms with E-state index in [1.54, 1.807) is 0 Å². The Labute approximate surface area is 113 Å². The molecule has 0 saturated heterocycles. The predicted octanol–water partition coefficient (Wildman–Crippen LogP) is 2.18. The summed E-state index contributed by atoms with van der Waals surface area (Å²) in [6.45, 7) is 1.56. The third-order valence-electron chi connectivity index (χ3n) is 3.10. The molecule has 0 saturated carbocycles. The Morgan fingerprint density at radius 3 is 2.47 bits per heavy atom. The van der Waals surface area contributed by atoms with E-state index in [-0.39, 0.29) is 5.92 Å². The molecule has 3 heteroatoms. The van der Waals surface area contributed by atoms with Crippen molar-refractivity contribution in [2.75, 3.05) is 13.2 Å². The van der Waals surface area contributed by atoms with Crippen molar-refractivity contribution in [3.05, 3.63) is 48.0 Å². The van der Waals surface area contributed by atoms with E-state index in [1.807, 2.05) is 42.3 Å². The van der Waals surface area contributed by atoms with Gasteiger partial charge < -0.3 is 9.47 Å². The zero-order valence-corrected chi connectivity index (χ0v) is 10.6. The summed E-state index contributed by atoms with van der Waals surface area (Å²) < 4.78 is 10.6. The maximum absolute atomic E-state index is 10.8. The first kappa shape index (κ1) is 13.4. The number of carbonyl (C=O) groups excluding carboxylic acids is 1. The molecule has 0 spiro atoms. The summed E-state index contributed by atoms with van der Waals surface area (Å²) in [5, 5.41) is 0.